The number of piperidine rings is 1. The van der Waals surface area contributed by atoms with Gasteiger partial charge in [-0.3, -0.25) is 9.69 Å². The Hall–Kier alpha value is -3.15. The summed E-state index contributed by atoms with van der Waals surface area (Å²) in [6, 6.07) is 26.1. The van der Waals surface area contributed by atoms with Crippen molar-refractivity contribution in [3.05, 3.63) is 101 Å². The van der Waals surface area contributed by atoms with E-state index in [0.717, 1.165) is 54.9 Å². The molecule has 0 aliphatic carbocycles. The second-order valence-electron chi connectivity index (χ2n) is 9.67. The van der Waals surface area contributed by atoms with Crippen molar-refractivity contribution in [3.8, 4) is 5.75 Å². The standard InChI is InChI=1S/C30H32ClN3O2/c1-36-25-13-11-24(12-14-25)29-20-28(26-9-5-6-10-27(26)31)32-34(29)30(35)21-33-17-15-23(16-18-33)19-22-7-3-2-4-8-22/h2-14,23,29H,15-21H2,1H3/t29-/m0/s1. The van der Waals surface area contributed by atoms with Gasteiger partial charge in [0.2, 0.25) is 0 Å². The zero-order valence-corrected chi connectivity index (χ0v) is 21.4. The van der Waals surface area contributed by atoms with Crippen LogP contribution in [-0.2, 0) is 11.2 Å². The van der Waals surface area contributed by atoms with Gasteiger partial charge in [-0.1, -0.05) is 72.3 Å². The van der Waals surface area contributed by atoms with Crippen LogP contribution in [0.1, 0.15) is 42.0 Å². The van der Waals surface area contributed by atoms with E-state index in [1.165, 1.54) is 5.56 Å². The third kappa shape index (κ3) is 5.63. The Labute approximate surface area is 218 Å². The lowest BCUT2D eigenvalue weighted by atomic mass is 9.90. The highest BCUT2D eigenvalue weighted by atomic mass is 35.5. The summed E-state index contributed by atoms with van der Waals surface area (Å²) in [5.41, 5.74) is 4.16. The molecule has 5 rings (SSSR count). The molecule has 6 heteroatoms. The van der Waals surface area contributed by atoms with Crippen molar-refractivity contribution < 1.29 is 9.53 Å². The van der Waals surface area contributed by atoms with Gasteiger partial charge >= 0.3 is 0 Å². The molecule has 36 heavy (non-hydrogen) atoms. The summed E-state index contributed by atoms with van der Waals surface area (Å²) < 4.78 is 5.33. The summed E-state index contributed by atoms with van der Waals surface area (Å²) in [4.78, 5) is 15.8. The fraction of sp³-hybridized carbons (Fsp3) is 0.333. The van der Waals surface area contributed by atoms with Crippen LogP contribution in [0.15, 0.2) is 84.0 Å². The number of hydrazone groups is 1. The number of benzene rings is 3. The normalized spacial score (nSPS) is 18.8. The van der Waals surface area contributed by atoms with E-state index in [-0.39, 0.29) is 11.9 Å². The summed E-state index contributed by atoms with van der Waals surface area (Å²) >= 11 is 6.48. The molecule has 0 spiro atoms. The fourth-order valence-electron chi connectivity index (χ4n) is 5.24. The minimum atomic E-state index is -0.162. The van der Waals surface area contributed by atoms with Crippen LogP contribution < -0.4 is 4.74 Å². The SMILES string of the molecule is COc1ccc([C@@H]2CC(c3ccccc3Cl)=NN2C(=O)CN2CCC(Cc3ccccc3)CC2)cc1. The molecule has 0 N–H and O–H groups in total. The molecule has 2 heterocycles. The van der Waals surface area contributed by atoms with Crippen molar-refractivity contribution in [2.45, 2.75) is 31.7 Å². The van der Waals surface area contributed by atoms with E-state index in [9.17, 15) is 4.79 Å². The third-order valence-electron chi connectivity index (χ3n) is 7.28. The van der Waals surface area contributed by atoms with Crippen LogP contribution in [0.3, 0.4) is 0 Å². The van der Waals surface area contributed by atoms with Crippen LogP contribution in [0, 0.1) is 5.92 Å². The van der Waals surface area contributed by atoms with E-state index in [4.69, 9.17) is 21.4 Å². The first kappa shape index (κ1) is 24.5. The van der Waals surface area contributed by atoms with Gasteiger partial charge in [-0.25, -0.2) is 5.01 Å². The van der Waals surface area contributed by atoms with Crippen molar-refractivity contribution in [2.75, 3.05) is 26.7 Å². The second kappa shape index (κ2) is 11.3. The maximum atomic E-state index is 13.6. The largest absolute Gasteiger partial charge is 0.497 e. The van der Waals surface area contributed by atoms with E-state index < -0.39 is 0 Å². The van der Waals surface area contributed by atoms with Gasteiger partial charge in [-0.15, -0.1) is 0 Å². The summed E-state index contributed by atoms with van der Waals surface area (Å²) in [7, 11) is 1.65. The number of ether oxygens (including phenoxy) is 1. The van der Waals surface area contributed by atoms with Crippen LogP contribution in [0.25, 0.3) is 0 Å². The Kier molecular flexibility index (Phi) is 7.69. The molecule has 3 aromatic rings. The highest BCUT2D eigenvalue weighted by Crippen LogP contribution is 2.35. The molecule has 0 aromatic heterocycles. The molecule has 0 bridgehead atoms. The van der Waals surface area contributed by atoms with Crippen molar-refractivity contribution in [1.82, 2.24) is 9.91 Å². The van der Waals surface area contributed by atoms with Crippen molar-refractivity contribution in [1.29, 1.82) is 0 Å². The van der Waals surface area contributed by atoms with Crippen LogP contribution in [-0.4, -0.2) is 48.3 Å². The number of nitrogens with zero attached hydrogens (tertiary/aromatic N) is 3. The van der Waals surface area contributed by atoms with Crippen LogP contribution in [0.2, 0.25) is 5.02 Å². The number of hydrogen-bond acceptors (Lipinski definition) is 4. The number of amides is 1. The van der Waals surface area contributed by atoms with E-state index in [0.29, 0.717) is 23.9 Å². The first-order valence-electron chi connectivity index (χ1n) is 12.7. The summed E-state index contributed by atoms with van der Waals surface area (Å²) in [6.45, 7) is 2.25. The van der Waals surface area contributed by atoms with Gasteiger partial charge in [-0.2, -0.15) is 5.10 Å². The first-order chi connectivity index (χ1) is 17.6. The monoisotopic (exact) mass is 501 g/mol. The topological polar surface area (TPSA) is 45.1 Å². The molecule has 2 aliphatic heterocycles. The smallest absolute Gasteiger partial charge is 0.257 e. The number of halogens is 1. The van der Waals surface area contributed by atoms with Gasteiger partial charge in [0.25, 0.3) is 5.91 Å². The second-order valence-corrected chi connectivity index (χ2v) is 10.1. The molecule has 5 nitrogen and oxygen atoms in total. The Morgan fingerprint density at radius 2 is 1.67 bits per heavy atom. The van der Waals surface area contributed by atoms with E-state index >= 15 is 0 Å². The molecule has 1 atom stereocenters. The van der Waals surface area contributed by atoms with Crippen LogP contribution in [0.4, 0.5) is 0 Å². The lowest BCUT2D eigenvalue weighted by molar-refractivity contribution is -0.134. The van der Waals surface area contributed by atoms with Gasteiger partial charge < -0.3 is 4.74 Å². The number of carbonyl (C=O) groups excluding carboxylic acids is 1. The average molecular weight is 502 g/mol. The maximum Gasteiger partial charge on any atom is 0.257 e. The maximum absolute atomic E-state index is 13.6. The van der Waals surface area contributed by atoms with Crippen molar-refractivity contribution in [3.63, 3.8) is 0 Å². The summed E-state index contributed by atoms with van der Waals surface area (Å²) in [6.07, 6.45) is 3.96. The Bertz CT molecular complexity index is 1200. The van der Waals surface area contributed by atoms with E-state index in [1.807, 2.05) is 48.5 Å². The molecule has 1 amide bonds. The van der Waals surface area contributed by atoms with Crippen molar-refractivity contribution >= 4 is 23.2 Å². The molecular formula is C30H32ClN3O2. The molecular weight excluding hydrogens is 470 g/mol. The lowest BCUT2D eigenvalue weighted by Gasteiger charge is -2.33. The van der Waals surface area contributed by atoms with E-state index in [1.54, 1.807) is 12.1 Å². The average Bonchev–Trinajstić information content (AvgIpc) is 3.36. The quantitative estimate of drug-likeness (QED) is 0.400. The summed E-state index contributed by atoms with van der Waals surface area (Å²) in [5, 5.41) is 7.14. The predicted octanol–water partition coefficient (Wildman–Crippen LogP) is 5.98. The van der Waals surface area contributed by atoms with Gasteiger partial charge in [0.15, 0.2) is 0 Å². The number of rotatable bonds is 7. The summed E-state index contributed by atoms with van der Waals surface area (Å²) in [5.74, 6) is 1.49. The van der Waals surface area contributed by atoms with Crippen molar-refractivity contribution in [2.24, 2.45) is 11.0 Å². The van der Waals surface area contributed by atoms with Gasteiger partial charge in [0.1, 0.15) is 5.75 Å². The molecule has 2 aliphatic rings. The van der Waals surface area contributed by atoms with E-state index in [2.05, 4.69) is 35.2 Å². The molecule has 3 aromatic carbocycles. The van der Waals surface area contributed by atoms with Crippen LogP contribution >= 0.6 is 11.6 Å². The molecule has 0 unspecified atom stereocenters. The van der Waals surface area contributed by atoms with Gasteiger partial charge in [0.05, 0.1) is 25.4 Å². The molecule has 1 saturated heterocycles. The zero-order chi connectivity index (χ0) is 24.9. The third-order valence-corrected chi connectivity index (χ3v) is 7.61. The predicted molar refractivity (Wildman–Crippen MR) is 144 cm³/mol. The highest BCUT2D eigenvalue weighted by Gasteiger charge is 2.34. The first-order valence-corrected chi connectivity index (χ1v) is 13.0. The number of hydrogen-bond donors (Lipinski definition) is 0. The Morgan fingerprint density at radius 3 is 2.36 bits per heavy atom. The minimum Gasteiger partial charge on any atom is -0.497 e. The lowest BCUT2D eigenvalue weighted by Crippen LogP contribution is -2.42. The zero-order valence-electron chi connectivity index (χ0n) is 20.6. The van der Waals surface area contributed by atoms with Crippen LogP contribution in [0.5, 0.6) is 5.75 Å². The minimum absolute atomic E-state index is 0.0272. The Morgan fingerprint density at radius 1 is 0.972 bits per heavy atom. The number of methoxy groups -OCH3 is 1. The number of carbonyl (C=O) groups is 1. The fourth-order valence-corrected chi connectivity index (χ4v) is 5.49. The Balaban J connectivity index is 1.28. The molecule has 0 saturated carbocycles. The molecule has 1 fully saturated rings. The number of likely N-dealkylation sites (tertiary alicyclic amines) is 1. The highest BCUT2D eigenvalue weighted by molar-refractivity contribution is 6.34. The van der Waals surface area contributed by atoms with Gasteiger partial charge in [-0.05, 0) is 67.6 Å². The van der Waals surface area contributed by atoms with Gasteiger partial charge in [0, 0.05) is 17.0 Å². The molecule has 0 radical (unpaired) electrons. The molecule has 186 valence electrons.